The van der Waals surface area contributed by atoms with Crippen LogP contribution in [0, 0.1) is 36.0 Å². The van der Waals surface area contributed by atoms with Crippen LogP contribution in [0.5, 0.6) is 0 Å². The number of pyridine rings is 1. The van der Waals surface area contributed by atoms with Crippen molar-refractivity contribution in [3.05, 3.63) is 53.2 Å². The summed E-state index contributed by atoms with van der Waals surface area (Å²) in [5, 5.41) is 12.6. The van der Waals surface area contributed by atoms with Crippen molar-refractivity contribution in [2.24, 2.45) is 23.5 Å². The van der Waals surface area contributed by atoms with Crippen molar-refractivity contribution in [1.82, 2.24) is 19.7 Å². The highest BCUT2D eigenvalue weighted by molar-refractivity contribution is 5.95. The number of carbonyl (C=O) groups is 1. The van der Waals surface area contributed by atoms with Crippen molar-refractivity contribution in [3.8, 4) is 6.07 Å². The van der Waals surface area contributed by atoms with Crippen LogP contribution in [0.4, 0.5) is 11.5 Å². The molecule has 1 aromatic heterocycles. The van der Waals surface area contributed by atoms with E-state index in [1.54, 1.807) is 6.20 Å². The molecule has 0 radical (unpaired) electrons. The molecular weight excluding hydrogens is 486 g/mol. The molecule has 2 saturated heterocycles. The highest BCUT2D eigenvalue weighted by Crippen LogP contribution is 2.38. The van der Waals surface area contributed by atoms with Gasteiger partial charge in [-0.2, -0.15) is 5.26 Å². The van der Waals surface area contributed by atoms with E-state index in [4.69, 9.17) is 5.73 Å². The number of aryl methyl sites for hydroxylation is 1. The van der Waals surface area contributed by atoms with E-state index < -0.39 is 0 Å². The molecule has 0 bridgehead atoms. The molecule has 3 fully saturated rings. The second kappa shape index (κ2) is 12.5. The predicted octanol–water partition coefficient (Wildman–Crippen LogP) is 4.52. The predicted molar refractivity (Wildman–Crippen MR) is 154 cm³/mol. The number of anilines is 2. The zero-order chi connectivity index (χ0) is 27.4. The van der Waals surface area contributed by atoms with Crippen LogP contribution < -0.4 is 11.1 Å². The second-order valence-corrected chi connectivity index (χ2v) is 11.8. The van der Waals surface area contributed by atoms with Gasteiger partial charge in [-0.3, -0.25) is 9.69 Å². The maximum absolute atomic E-state index is 13.4. The summed E-state index contributed by atoms with van der Waals surface area (Å²) >= 11 is 0. The first-order valence-electron chi connectivity index (χ1n) is 14.6. The molecule has 39 heavy (non-hydrogen) atoms. The van der Waals surface area contributed by atoms with Gasteiger partial charge in [0, 0.05) is 62.6 Å². The lowest BCUT2D eigenvalue weighted by molar-refractivity contribution is 0.0632. The van der Waals surface area contributed by atoms with Crippen LogP contribution in [0.3, 0.4) is 0 Å². The number of likely N-dealkylation sites (tertiary alicyclic amines) is 1. The lowest BCUT2D eigenvalue weighted by atomic mass is 9.73. The summed E-state index contributed by atoms with van der Waals surface area (Å²) in [5.41, 5.74) is 10.3. The van der Waals surface area contributed by atoms with Gasteiger partial charge >= 0.3 is 0 Å². The third kappa shape index (κ3) is 6.60. The molecule has 1 atom stereocenters. The van der Waals surface area contributed by atoms with Gasteiger partial charge in [-0.1, -0.05) is 6.07 Å². The van der Waals surface area contributed by atoms with E-state index in [0.717, 1.165) is 93.5 Å². The number of hydrogen-bond donors (Lipinski definition) is 2. The van der Waals surface area contributed by atoms with Crippen LogP contribution in [0.15, 0.2) is 36.5 Å². The van der Waals surface area contributed by atoms with Gasteiger partial charge in [-0.05, 0) is 99.7 Å². The molecule has 2 aliphatic heterocycles. The third-order valence-electron chi connectivity index (χ3n) is 9.25. The number of hydrogen-bond acceptors (Lipinski definition) is 7. The van der Waals surface area contributed by atoms with Crippen LogP contribution in [0.2, 0.25) is 0 Å². The van der Waals surface area contributed by atoms with Crippen molar-refractivity contribution in [2.75, 3.05) is 51.6 Å². The van der Waals surface area contributed by atoms with E-state index in [1.807, 2.05) is 42.2 Å². The number of rotatable bonds is 6. The van der Waals surface area contributed by atoms with Crippen molar-refractivity contribution in [3.63, 3.8) is 0 Å². The monoisotopic (exact) mass is 529 g/mol. The number of amides is 1. The molecule has 1 aliphatic carbocycles. The van der Waals surface area contributed by atoms with E-state index in [1.165, 1.54) is 12.8 Å². The van der Waals surface area contributed by atoms with Gasteiger partial charge < -0.3 is 20.9 Å². The molecule has 3 N–H and O–H groups in total. The summed E-state index contributed by atoms with van der Waals surface area (Å²) < 4.78 is 0. The molecule has 208 valence electrons. The van der Waals surface area contributed by atoms with Gasteiger partial charge in [0.25, 0.3) is 5.91 Å². The molecular formula is C31H43N7O. The average molecular weight is 530 g/mol. The molecule has 8 heteroatoms. The Bertz CT molecular complexity index is 1170. The molecule has 1 unspecified atom stereocenters. The third-order valence-corrected chi connectivity index (χ3v) is 9.25. The van der Waals surface area contributed by atoms with E-state index in [9.17, 15) is 10.1 Å². The number of piperazine rings is 1. The Morgan fingerprint density at radius 1 is 1.00 bits per heavy atom. The Morgan fingerprint density at radius 2 is 1.69 bits per heavy atom. The van der Waals surface area contributed by atoms with Gasteiger partial charge in [-0.15, -0.1) is 0 Å². The smallest absolute Gasteiger partial charge is 0.253 e. The summed E-state index contributed by atoms with van der Waals surface area (Å²) in [5.74, 6) is 2.48. The summed E-state index contributed by atoms with van der Waals surface area (Å²) in [6.07, 6.45) is 8.18. The van der Waals surface area contributed by atoms with Crippen LogP contribution in [0.25, 0.3) is 0 Å². The minimum absolute atomic E-state index is 0.100. The van der Waals surface area contributed by atoms with Crippen molar-refractivity contribution in [2.45, 2.75) is 51.6 Å². The number of aromatic nitrogens is 1. The number of benzene rings is 1. The van der Waals surface area contributed by atoms with E-state index in [2.05, 4.69) is 33.2 Å². The number of carbonyl (C=O) groups excluding carboxylic acids is 1. The normalized spacial score (nSPS) is 24.2. The van der Waals surface area contributed by atoms with Crippen LogP contribution in [0.1, 0.15) is 66.2 Å². The number of piperidine rings is 1. The number of nitrogens with one attached hydrogen (secondary N) is 1. The highest BCUT2D eigenvalue weighted by atomic mass is 16.2. The minimum Gasteiger partial charge on any atom is -0.340 e. The maximum atomic E-state index is 13.4. The van der Waals surface area contributed by atoms with E-state index in [0.29, 0.717) is 11.5 Å². The fourth-order valence-corrected chi connectivity index (χ4v) is 6.51. The molecule has 3 heterocycles. The van der Waals surface area contributed by atoms with E-state index in [-0.39, 0.29) is 18.0 Å². The largest absolute Gasteiger partial charge is 0.340 e. The Balaban J connectivity index is 1.20. The first kappa shape index (κ1) is 27.6. The molecule has 5 rings (SSSR count). The minimum atomic E-state index is -0.166. The average Bonchev–Trinajstić information content (AvgIpc) is 2.98. The molecule has 1 saturated carbocycles. The summed E-state index contributed by atoms with van der Waals surface area (Å²) in [7, 11) is 2.14. The number of nitrogens with zero attached hydrogens (tertiary/aromatic N) is 5. The van der Waals surface area contributed by atoms with Gasteiger partial charge in [0.05, 0.1) is 12.2 Å². The fourth-order valence-electron chi connectivity index (χ4n) is 6.51. The summed E-state index contributed by atoms with van der Waals surface area (Å²) in [6.45, 7) is 7.61. The molecule has 8 nitrogen and oxygen atoms in total. The Labute approximate surface area is 233 Å². The van der Waals surface area contributed by atoms with Crippen LogP contribution in [-0.4, -0.2) is 71.9 Å². The Kier molecular flexibility index (Phi) is 8.81. The van der Waals surface area contributed by atoms with Crippen molar-refractivity contribution >= 4 is 17.4 Å². The second-order valence-electron chi connectivity index (χ2n) is 11.8. The quantitative estimate of drug-likeness (QED) is 0.567. The fraction of sp³-hybridized carbons (Fsp3) is 0.581. The van der Waals surface area contributed by atoms with Crippen molar-refractivity contribution < 1.29 is 4.79 Å². The molecule has 0 spiro atoms. The number of nitrogens with two attached hydrogens (primary N) is 1. The van der Waals surface area contributed by atoms with Gasteiger partial charge in [0.15, 0.2) is 0 Å². The lowest BCUT2D eigenvalue weighted by Gasteiger charge is -2.38. The zero-order valence-electron chi connectivity index (χ0n) is 23.5. The standard InChI is InChI=1S/C31H43N7O/c1-22-3-6-27(31(39)38-13-10-25(11-14-38)24-7-4-23(21-32)5-8-24)19-28(22)35-29-20-26(9-12-34-29)30(33)37-17-15-36(2)16-18-37/h3,6,9,12,19-20,23-25,30H,4-5,7-8,10-11,13-18,33H2,1-2H3,(H,34,35). The van der Waals surface area contributed by atoms with E-state index >= 15 is 0 Å². The number of nitriles is 1. The first-order chi connectivity index (χ1) is 18.9. The van der Waals surface area contributed by atoms with Gasteiger partial charge in [0.2, 0.25) is 0 Å². The maximum Gasteiger partial charge on any atom is 0.253 e. The SMILES string of the molecule is Cc1ccc(C(=O)N2CCC(C3CCC(C#N)CC3)CC2)cc1Nc1cc(C(N)N2CCN(C)CC2)ccn1. The zero-order valence-corrected chi connectivity index (χ0v) is 23.5. The molecule has 2 aromatic rings. The first-order valence-corrected chi connectivity index (χ1v) is 14.6. The molecule has 3 aliphatic rings. The summed E-state index contributed by atoms with van der Waals surface area (Å²) in [6, 6.07) is 12.4. The highest BCUT2D eigenvalue weighted by Gasteiger charge is 2.32. The van der Waals surface area contributed by atoms with Crippen molar-refractivity contribution in [1.29, 1.82) is 5.26 Å². The summed E-state index contributed by atoms with van der Waals surface area (Å²) in [4.78, 5) is 24.6. The number of likely N-dealkylation sites (N-methyl/N-ethyl adjacent to an activating group) is 1. The van der Waals surface area contributed by atoms with Crippen LogP contribution in [-0.2, 0) is 0 Å². The van der Waals surface area contributed by atoms with Gasteiger partial charge in [0.1, 0.15) is 5.82 Å². The Morgan fingerprint density at radius 3 is 2.38 bits per heavy atom. The van der Waals surface area contributed by atoms with Gasteiger partial charge in [-0.25, -0.2) is 4.98 Å². The topological polar surface area (TPSA) is 102 Å². The van der Waals surface area contributed by atoms with Crippen LogP contribution >= 0.6 is 0 Å². The Hall–Kier alpha value is -2.99. The molecule has 1 aromatic carbocycles. The molecule has 1 amide bonds. The lowest BCUT2D eigenvalue weighted by Crippen LogP contribution is -2.48.